The summed E-state index contributed by atoms with van der Waals surface area (Å²) in [4.78, 5) is 24.9. The number of aliphatic imine (C=N–C) groups is 1. The van der Waals surface area contributed by atoms with Gasteiger partial charge in [0.15, 0.2) is 18.6 Å². The summed E-state index contributed by atoms with van der Waals surface area (Å²) < 4.78 is 17.8. The number of aromatic nitrogens is 2. The van der Waals surface area contributed by atoms with Gasteiger partial charge in [0, 0.05) is 51.0 Å². The second-order valence-corrected chi connectivity index (χ2v) is 8.90. The Morgan fingerprint density at radius 3 is 3.00 bits per heavy atom. The van der Waals surface area contributed by atoms with Crippen LogP contribution < -0.4 is 20.5 Å². The van der Waals surface area contributed by atoms with E-state index in [1.165, 1.54) is 0 Å². The van der Waals surface area contributed by atoms with Crippen LogP contribution >= 0.6 is 11.6 Å². The van der Waals surface area contributed by atoms with Crippen molar-refractivity contribution in [2.75, 3.05) is 33.0 Å². The van der Waals surface area contributed by atoms with Crippen LogP contribution in [0.3, 0.4) is 0 Å². The Bertz CT molecular complexity index is 1140. The van der Waals surface area contributed by atoms with Crippen LogP contribution in [0.25, 0.3) is 0 Å². The van der Waals surface area contributed by atoms with Crippen molar-refractivity contribution in [1.29, 1.82) is 0 Å². The molecule has 1 aromatic heterocycles. The first-order chi connectivity index (χ1) is 17.0. The van der Waals surface area contributed by atoms with Gasteiger partial charge in [-0.1, -0.05) is 17.7 Å². The van der Waals surface area contributed by atoms with Gasteiger partial charge in [-0.05, 0) is 23.8 Å². The van der Waals surface area contributed by atoms with Crippen LogP contribution in [-0.4, -0.2) is 76.0 Å². The van der Waals surface area contributed by atoms with Crippen LogP contribution in [0.4, 0.5) is 0 Å². The highest BCUT2D eigenvalue weighted by molar-refractivity contribution is 6.30. The lowest BCUT2D eigenvalue weighted by Crippen LogP contribution is -2.71. The number of halogens is 1. The molecule has 3 aliphatic heterocycles. The van der Waals surface area contributed by atoms with E-state index in [1.807, 2.05) is 23.1 Å². The molecule has 4 heterocycles. The summed E-state index contributed by atoms with van der Waals surface area (Å²) in [6.45, 7) is 2.27. The smallest absolute Gasteiger partial charge is 0.231 e. The maximum Gasteiger partial charge on any atom is 0.231 e. The second kappa shape index (κ2) is 9.86. The van der Waals surface area contributed by atoms with E-state index < -0.39 is 11.6 Å². The molecular formula is C23H25ClN7O4. The van der Waals surface area contributed by atoms with Crippen LogP contribution in [0.5, 0.6) is 11.5 Å². The number of hydrogen-bond donors (Lipinski definition) is 2. The second-order valence-electron chi connectivity index (χ2n) is 8.51. The molecule has 1 amide bonds. The van der Waals surface area contributed by atoms with Crippen molar-refractivity contribution < 1.29 is 19.0 Å². The summed E-state index contributed by atoms with van der Waals surface area (Å²) in [5, 5.41) is 3.57. The molecule has 5 rings (SSSR count). The molecule has 1 aromatic carbocycles. The lowest BCUT2D eigenvalue weighted by Gasteiger charge is -2.54. The fraction of sp³-hybridized carbons (Fsp3) is 0.391. The highest BCUT2D eigenvalue weighted by Gasteiger charge is 2.49. The van der Waals surface area contributed by atoms with Crippen molar-refractivity contribution in [2.24, 2.45) is 10.7 Å². The largest absolute Gasteiger partial charge is 0.454 e. The molecule has 1 saturated heterocycles. The summed E-state index contributed by atoms with van der Waals surface area (Å²) in [6, 6.07) is 5.48. The Kier molecular flexibility index (Phi) is 6.65. The van der Waals surface area contributed by atoms with E-state index in [1.54, 1.807) is 29.4 Å². The number of hydrogen-bond acceptors (Lipinski definition) is 9. The molecule has 12 heteroatoms. The van der Waals surface area contributed by atoms with E-state index in [9.17, 15) is 4.79 Å². The molecule has 0 aliphatic carbocycles. The van der Waals surface area contributed by atoms with Gasteiger partial charge in [-0.3, -0.25) is 14.3 Å². The van der Waals surface area contributed by atoms with Crippen LogP contribution in [0, 0.1) is 7.11 Å². The summed E-state index contributed by atoms with van der Waals surface area (Å²) >= 11 is 6.59. The third-order valence-corrected chi connectivity index (χ3v) is 6.54. The van der Waals surface area contributed by atoms with Gasteiger partial charge in [0.05, 0.1) is 6.61 Å². The van der Waals surface area contributed by atoms with Crippen molar-refractivity contribution in [2.45, 2.75) is 24.7 Å². The minimum absolute atomic E-state index is 0.0588. The van der Waals surface area contributed by atoms with Gasteiger partial charge >= 0.3 is 0 Å². The number of piperazine rings is 1. The number of rotatable bonds is 7. The van der Waals surface area contributed by atoms with Crippen LogP contribution in [-0.2, 0) is 16.1 Å². The fourth-order valence-electron chi connectivity index (χ4n) is 4.87. The molecule has 3 radical (unpaired) electrons. The minimum Gasteiger partial charge on any atom is -0.454 e. The molecule has 3 N–H and O–H groups in total. The summed E-state index contributed by atoms with van der Waals surface area (Å²) in [5.41, 5.74) is 5.47. The molecule has 0 spiro atoms. The number of primary amides is 1. The molecule has 35 heavy (non-hydrogen) atoms. The Labute approximate surface area is 208 Å². The Hall–Kier alpha value is -3.12. The lowest BCUT2D eigenvalue weighted by molar-refractivity contribution is -0.122. The molecule has 2 aromatic rings. The zero-order chi connectivity index (χ0) is 24.4. The predicted molar refractivity (Wildman–Crippen MR) is 126 cm³/mol. The monoisotopic (exact) mass is 498 g/mol. The number of nitrogens with zero attached hydrogens (tertiary/aromatic N) is 5. The number of ether oxygens (including phenoxy) is 3. The number of nitrogens with two attached hydrogens (primary N) is 1. The standard InChI is InChI=1S/C23H25ClN7O4/c1-33-13-23(30-7-5-26-11-17(30)9-21(25)32)10-20(24)28-22(29-6-4-27-14-29)31(23)12-16-2-3-18-19(8-16)35-15-34-18/h2-4,6,8,10,14,17,26H,5,7,9,11-13,15H2,(H2,25,32). The van der Waals surface area contributed by atoms with Gasteiger partial charge in [-0.25, -0.2) is 9.98 Å². The Morgan fingerprint density at radius 1 is 1.37 bits per heavy atom. The number of benzene rings is 1. The zero-order valence-electron chi connectivity index (χ0n) is 18.9. The molecule has 1 fully saturated rings. The van der Waals surface area contributed by atoms with Gasteiger partial charge < -0.3 is 30.2 Å². The molecule has 0 bridgehead atoms. The van der Waals surface area contributed by atoms with Gasteiger partial charge in [0.2, 0.25) is 18.7 Å². The van der Waals surface area contributed by atoms with E-state index in [0.717, 1.165) is 5.56 Å². The first-order valence-corrected chi connectivity index (χ1v) is 11.5. The molecule has 11 nitrogen and oxygen atoms in total. The lowest BCUT2D eigenvalue weighted by atomic mass is 9.97. The van der Waals surface area contributed by atoms with Crippen molar-refractivity contribution >= 4 is 23.5 Å². The van der Waals surface area contributed by atoms with Gasteiger partial charge in [-0.15, -0.1) is 0 Å². The quantitative estimate of drug-likeness (QED) is 0.538. The van der Waals surface area contributed by atoms with Crippen molar-refractivity contribution in [3.8, 4) is 11.5 Å². The fourth-order valence-corrected chi connectivity index (χ4v) is 5.12. The topological polar surface area (TPSA) is 119 Å². The van der Waals surface area contributed by atoms with E-state index in [4.69, 9.17) is 38.7 Å². The first kappa shape index (κ1) is 23.6. The maximum atomic E-state index is 11.9. The van der Waals surface area contributed by atoms with Gasteiger partial charge in [-0.2, -0.15) is 0 Å². The van der Waals surface area contributed by atoms with E-state index in [0.29, 0.717) is 43.6 Å². The zero-order valence-corrected chi connectivity index (χ0v) is 19.6. The first-order valence-electron chi connectivity index (χ1n) is 11.2. The van der Waals surface area contributed by atoms with Crippen molar-refractivity contribution in [3.63, 3.8) is 0 Å². The normalized spacial score (nSPS) is 24.3. The molecule has 2 unspecified atom stereocenters. The molecular weight excluding hydrogens is 474 g/mol. The number of nitrogens with one attached hydrogen (secondary N) is 1. The predicted octanol–water partition coefficient (Wildman–Crippen LogP) is 0.820. The molecule has 3 aliphatic rings. The van der Waals surface area contributed by atoms with Crippen LogP contribution in [0.1, 0.15) is 12.0 Å². The van der Waals surface area contributed by atoms with Gasteiger partial charge in [0.1, 0.15) is 17.1 Å². The number of imidazole rings is 1. The highest BCUT2D eigenvalue weighted by Crippen LogP contribution is 2.37. The van der Waals surface area contributed by atoms with E-state index in [-0.39, 0.29) is 31.0 Å². The van der Waals surface area contributed by atoms with E-state index >= 15 is 0 Å². The molecule has 2 atom stereocenters. The van der Waals surface area contributed by atoms with Gasteiger partial charge in [0.25, 0.3) is 0 Å². The third-order valence-electron chi connectivity index (χ3n) is 6.35. The summed E-state index contributed by atoms with van der Waals surface area (Å²) in [5.74, 6) is 1.43. The van der Waals surface area contributed by atoms with Crippen molar-refractivity contribution in [3.05, 3.63) is 60.8 Å². The average molecular weight is 499 g/mol. The Morgan fingerprint density at radius 2 is 2.23 bits per heavy atom. The van der Waals surface area contributed by atoms with Crippen LogP contribution in [0.2, 0.25) is 0 Å². The Balaban J connectivity index is 1.62. The number of carbonyl (C=O) groups is 1. The maximum absolute atomic E-state index is 11.9. The average Bonchev–Trinajstić information content (AvgIpc) is 3.52. The van der Waals surface area contributed by atoms with Crippen LogP contribution in [0.15, 0.2) is 53.1 Å². The number of carbonyl (C=O) groups excluding carboxylic acids is 1. The minimum atomic E-state index is -1.04. The summed E-state index contributed by atoms with van der Waals surface area (Å²) in [6.07, 6.45) is 6.96. The summed E-state index contributed by atoms with van der Waals surface area (Å²) in [7, 11) is 7.74. The van der Waals surface area contributed by atoms with E-state index in [2.05, 4.69) is 20.2 Å². The molecule has 0 saturated carbocycles. The SMILES string of the molecule is [C]OCC1(N2CCNCC2CC(N)=O)C=C(Cl)N=C(n2ccnc2)N1Cc1ccc2c(c1)OCO2. The third kappa shape index (κ3) is 4.59. The molecule has 183 valence electrons. The van der Waals surface area contributed by atoms with Crippen molar-refractivity contribution in [1.82, 2.24) is 24.7 Å². The number of amides is 1. The highest BCUT2D eigenvalue weighted by atomic mass is 35.5. The number of fused-ring (bicyclic) bond motifs is 1.